The first-order valence-electron chi connectivity index (χ1n) is 13.6. The molecule has 0 aromatic heterocycles. The van der Waals surface area contributed by atoms with Gasteiger partial charge in [0.1, 0.15) is 6.17 Å². The molecule has 9 heteroatoms. The molecule has 0 saturated heterocycles. The number of hydrogen-bond acceptors (Lipinski definition) is 7. The van der Waals surface area contributed by atoms with Gasteiger partial charge in [-0.3, -0.25) is 19.2 Å². The van der Waals surface area contributed by atoms with Crippen LogP contribution >= 0.6 is 0 Å². The number of aliphatic hydroxyl groups excluding tert-OH is 1. The average Bonchev–Trinajstić information content (AvgIpc) is 3.06. The first-order valence-corrected chi connectivity index (χ1v) is 13.6. The highest BCUT2D eigenvalue weighted by Gasteiger charge is 2.73. The number of aliphatic hydroxyl groups is 1. The number of rotatable bonds is 7. The average molecular weight is 537 g/mol. The molecule has 210 valence electrons. The van der Waals surface area contributed by atoms with E-state index in [2.05, 4.69) is 0 Å². The van der Waals surface area contributed by atoms with Crippen LogP contribution in [0.1, 0.15) is 73.1 Å². The minimum absolute atomic E-state index is 0.0409. The Bertz CT molecular complexity index is 1100. The van der Waals surface area contributed by atoms with Crippen LogP contribution in [0.15, 0.2) is 23.6 Å². The third-order valence-corrected chi connectivity index (χ3v) is 9.89. The predicted molar refractivity (Wildman–Crippen MR) is 133 cm³/mol. The summed E-state index contributed by atoms with van der Waals surface area (Å²) < 4.78 is 41.9. The molecule has 0 aliphatic heterocycles. The van der Waals surface area contributed by atoms with Gasteiger partial charge in [0, 0.05) is 41.1 Å². The molecule has 7 nitrogen and oxygen atoms in total. The van der Waals surface area contributed by atoms with Crippen molar-refractivity contribution in [3.8, 4) is 0 Å². The molecule has 0 aromatic rings. The lowest BCUT2D eigenvalue weighted by Crippen LogP contribution is -2.65. The molecule has 0 bridgehead atoms. The highest BCUT2D eigenvalue weighted by molar-refractivity contribution is 6.04. The maximum absolute atomic E-state index is 15.7. The molecule has 0 amide bonds. The minimum atomic E-state index is -1.74. The molecule has 38 heavy (non-hydrogen) atoms. The molecule has 3 fully saturated rings. The van der Waals surface area contributed by atoms with Crippen molar-refractivity contribution in [3.63, 3.8) is 0 Å². The summed E-state index contributed by atoms with van der Waals surface area (Å²) in [7, 11) is 0. The molecule has 0 radical (unpaired) electrons. The third kappa shape index (κ3) is 3.98. The van der Waals surface area contributed by atoms with Crippen LogP contribution in [-0.2, 0) is 28.7 Å². The molecular weight excluding hydrogens is 498 g/mol. The molecule has 4 rings (SSSR count). The summed E-state index contributed by atoms with van der Waals surface area (Å²) in [5.41, 5.74) is -4.20. The van der Waals surface area contributed by atoms with Gasteiger partial charge in [-0.1, -0.05) is 40.7 Å². The summed E-state index contributed by atoms with van der Waals surface area (Å²) in [4.78, 5) is 50.7. The van der Waals surface area contributed by atoms with Gasteiger partial charge in [-0.05, 0) is 43.6 Å². The Morgan fingerprint density at radius 3 is 2.47 bits per heavy atom. The SMILES string of the molecule is CCCC(=O)O[C@]1(C(=O)COC(=O)CC)[C@H](C)C[C@H]2[C@@H]3C[C@H](F)C4=C(F)C(=O)C=C[C@]4(C)[C@H]3[C@@H](O)C[C@@]21C. The second-order valence-corrected chi connectivity index (χ2v) is 11.9. The second-order valence-electron chi connectivity index (χ2n) is 11.9. The summed E-state index contributed by atoms with van der Waals surface area (Å²) in [6, 6.07) is 0. The van der Waals surface area contributed by atoms with Crippen molar-refractivity contribution >= 4 is 23.5 Å². The number of alkyl halides is 1. The zero-order chi connectivity index (χ0) is 28.2. The van der Waals surface area contributed by atoms with Crippen LogP contribution in [0.5, 0.6) is 0 Å². The van der Waals surface area contributed by atoms with Crippen LogP contribution in [0.2, 0.25) is 0 Å². The molecule has 3 saturated carbocycles. The lowest BCUT2D eigenvalue weighted by molar-refractivity contribution is -0.207. The number of Topliss-reactive ketones (excluding diaryl/α,β-unsaturated/α-hetero) is 1. The summed E-state index contributed by atoms with van der Waals surface area (Å²) in [5.74, 6) is -5.58. The zero-order valence-electron chi connectivity index (χ0n) is 22.7. The van der Waals surface area contributed by atoms with E-state index in [-0.39, 0.29) is 37.2 Å². The van der Waals surface area contributed by atoms with Gasteiger partial charge >= 0.3 is 11.9 Å². The van der Waals surface area contributed by atoms with Crippen LogP contribution in [-0.4, -0.2) is 53.1 Å². The Labute approximate surface area is 222 Å². The number of halogens is 2. The van der Waals surface area contributed by atoms with Gasteiger partial charge in [0.15, 0.2) is 18.0 Å². The van der Waals surface area contributed by atoms with Gasteiger partial charge in [0.05, 0.1) is 6.10 Å². The normalized spacial score (nSPS) is 41.7. The number of ketones is 2. The van der Waals surface area contributed by atoms with Gasteiger partial charge in [0.25, 0.3) is 0 Å². The largest absolute Gasteiger partial charge is 0.457 e. The van der Waals surface area contributed by atoms with Crippen molar-refractivity contribution in [1.82, 2.24) is 0 Å². The van der Waals surface area contributed by atoms with E-state index in [4.69, 9.17) is 9.47 Å². The molecule has 0 spiro atoms. The Hall–Kier alpha value is -2.42. The van der Waals surface area contributed by atoms with Gasteiger partial charge in [-0.25, -0.2) is 8.78 Å². The van der Waals surface area contributed by atoms with Crippen LogP contribution in [0.3, 0.4) is 0 Å². The van der Waals surface area contributed by atoms with Gasteiger partial charge in [0.2, 0.25) is 11.6 Å². The fourth-order valence-electron chi connectivity index (χ4n) is 8.41. The maximum Gasteiger partial charge on any atom is 0.306 e. The van der Waals surface area contributed by atoms with Crippen LogP contribution in [0, 0.1) is 34.5 Å². The fraction of sp³-hybridized carbons (Fsp3) is 0.724. The van der Waals surface area contributed by atoms with E-state index in [1.54, 1.807) is 27.7 Å². The van der Waals surface area contributed by atoms with Crippen molar-refractivity contribution in [2.24, 2.45) is 34.5 Å². The Balaban J connectivity index is 1.80. The highest BCUT2D eigenvalue weighted by atomic mass is 19.1. The highest BCUT2D eigenvalue weighted by Crippen LogP contribution is 2.69. The summed E-state index contributed by atoms with van der Waals surface area (Å²) >= 11 is 0. The topological polar surface area (TPSA) is 107 Å². The first-order chi connectivity index (χ1) is 17.8. The number of carbonyl (C=O) groups excluding carboxylic acids is 4. The number of esters is 2. The zero-order valence-corrected chi connectivity index (χ0v) is 22.7. The van der Waals surface area contributed by atoms with Gasteiger partial charge in [-0.2, -0.15) is 0 Å². The lowest BCUT2D eigenvalue weighted by Gasteiger charge is -2.60. The van der Waals surface area contributed by atoms with E-state index < -0.39 is 82.4 Å². The summed E-state index contributed by atoms with van der Waals surface area (Å²) in [5, 5.41) is 11.6. The van der Waals surface area contributed by atoms with E-state index in [9.17, 15) is 28.7 Å². The predicted octanol–water partition coefficient (Wildman–Crippen LogP) is 4.36. The monoisotopic (exact) mass is 536 g/mol. The number of allylic oxidation sites excluding steroid dienone is 4. The van der Waals surface area contributed by atoms with Crippen molar-refractivity contribution in [2.45, 2.75) is 91.0 Å². The Kier molecular flexibility index (Phi) is 7.49. The van der Waals surface area contributed by atoms with Gasteiger partial charge < -0.3 is 14.6 Å². The molecule has 9 atom stereocenters. The van der Waals surface area contributed by atoms with E-state index in [1.807, 2.05) is 6.92 Å². The van der Waals surface area contributed by atoms with Crippen LogP contribution < -0.4 is 0 Å². The number of carbonyl (C=O) groups is 4. The fourth-order valence-corrected chi connectivity index (χ4v) is 8.41. The Morgan fingerprint density at radius 2 is 1.84 bits per heavy atom. The van der Waals surface area contributed by atoms with E-state index in [0.29, 0.717) is 12.8 Å². The first kappa shape index (κ1) is 28.6. The molecule has 0 aromatic carbocycles. The van der Waals surface area contributed by atoms with Crippen molar-refractivity contribution in [2.75, 3.05) is 6.61 Å². The number of fused-ring (bicyclic) bond motifs is 5. The van der Waals surface area contributed by atoms with Crippen molar-refractivity contribution in [3.05, 3.63) is 23.6 Å². The Morgan fingerprint density at radius 1 is 1.16 bits per heavy atom. The minimum Gasteiger partial charge on any atom is -0.457 e. The van der Waals surface area contributed by atoms with Crippen molar-refractivity contribution in [1.29, 1.82) is 0 Å². The molecular formula is C29H38F2O7. The van der Waals surface area contributed by atoms with E-state index in [1.165, 1.54) is 6.08 Å². The third-order valence-electron chi connectivity index (χ3n) is 9.89. The van der Waals surface area contributed by atoms with Crippen LogP contribution in [0.25, 0.3) is 0 Å². The van der Waals surface area contributed by atoms with Gasteiger partial charge in [-0.15, -0.1) is 0 Å². The quantitative estimate of drug-likeness (QED) is 0.482. The van der Waals surface area contributed by atoms with E-state index in [0.717, 1.165) is 6.08 Å². The number of ether oxygens (including phenoxy) is 2. The molecule has 4 aliphatic carbocycles. The van der Waals surface area contributed by atoms with Crippen molar-refractivity contribution < 1.29 is 42.5 Å². The maximum atomic E-state index is 15.7. The molecule has 0 unspecified atom stereocenters. The summed E-state index contributed by atoms with van der Waals surface area (Å²) in [6.45, 7) is 8.09. The standard InChI is InChI=1S/C29H38F2O7/c1-6-8-23(36)38-29(21(34)14-37-22(35)7-2)15(3)11-17-16-12-18(30)25-26(31)19(32)9-10-27(25,4)24(16)20(33)13-28(17,29)5/h9-10,15-18,20,24,33H,6-8,11-14H2,1-5H3/t15-,16+,17+,18+,20+,24-,27-,28+,29+/m1/s1. The molecule has 4 aliphatic rings. The second kappa shape index (κ2) is 9.96. The lowest BCUT2D eigenvalue weighted by atomic mass is 9.45. The van der Waals surface area contributed by atoms with Crippen LogP contribution in [0.4, 0.5) is 8.78 Å². The smallest absolute Gasteiger partial charge is 0.306 e. The molecule has 0 heterocycles. The summed E-state index contributed by atoms with van der Waals surface area (Å²) in [6.07, 6.45) is 0.771. The van der Waals surface area contributed by atoms with E-state index >= 15 is 4.39 Å². The number of hydrogen-bond donors (Lipinski definition) is 1. The molecule has 1 N–H and O–H groups in total.